The van der Waals surface area contributed by atoms with Crippen LogP contribution < -0.4 is 15.4 Å². The smallest absolute Gasteiger partial charge is 0.220 e. The third-order valence-corrected chi connectivity index (χ3v) is 4.82. The van der Waals surface area contributed by atoms with Crippen molar-refractivity contribution in [1.82, 2.24) is 10.6 Å². The number of carbonyl (C=O) groups excluding carboxylic acids is 1. The average molecular weight is 332 g/mol. The summed E-state index contributed by atoms with van der Waals surface area (Å²) in [6, 6.07) is 6.15. The highest BCUT2D eigenvalue weighted by Gasteiger charge is 2.19. The van der Waals surface area contributed by atoms with Crippen LogP contribution in [0.4, 0.5) is 0 Å². The Morgan fingerprint density at radius 3 is 3.08 bits per heavy atom. The summed E-state index contributed by atoms with van der Waals surface area (Å²) in [6.45, 7) is 6.11. The molecule has 24 heavy (non-hydrogen) atoms. The lowest BCUT2D eigenvalue weighted by Crippen LogP contribution is -2.24. The van der Waals surface area contributed by atoms with Crippen molar-refractivity contribution in [3.8, 4) is 5.75 Å². The number of hydrogen-bond donors (Lipinski definition) is 2. The molecule has 2 N–H and O–H groups in total. The molecule has 5 nitrogen and oxygen atoms in total. The second-order valence-electron chi connectivity index (χ2n) is 6.89. The van der Waals surface area contributed by atoms with E-state index < -0.39 is 0 Å². The Morgan fingerprint density at radius 1 is 1.42 bits per heavy atom. The van der Waals surface area contributed by atoms with Crippen LogP contribution in [0, 0.1) is 12.8 Å². The van der Waals surface area contributed by atoms with Crippen LogP contribution in [0.2, 0.25) is 0 Å². The molecule has 5 heteroatoms. The van der Waals surface area contributed by atoms with Gasteiger partial charge in [-0.05, 0) is 50.4 Å². The molecular weight excluding hydrogens is 304 g/mol. The second-order valence-corrected chi connectivity index (χ2v) is 6.89. The van der Waals surface area contributed by atoms with Crippen molar-refractivity contribution in [2.45, 2.75) is 45.3 Å². The summed E-state index contributed by atoms with van der Waals surface area (Å²) in [5.74, 6) is 1.64. The fourth-order valence-corrected chi connectivity index (χ4v) is 3.28. The van der Waals surface area contributed by atoms with Gasteiger partial charge >= 0.3 is 0 Å². The summed E-state index contributed by atoms with van der Waals surface area (Å²) in [5.41, 5.74) is 2.19. The molecule has 0 radical (unpaired) electrons. The third-order valence-electron chi connectivity index (χ3n) is 4.82. The van der Waals surface area contributed by atoms with Crippen LogP contribution in [0.5, 0.6) is 5.75 Å². The van der Waals surface area contributed by atoms with E-state index >= 15 is 0 Å². The molecular formula is C19H28N2O3. The summed E-state index contributed by atoms with van der Waals surface area (Å²) >= 11 is 0. The van der Waals surface area contributed by atoms with E-state index in [2.05, 4.69) is 23.6 Å². The number of rotatable bonds is 7. The zero-order chi connectivity index (χ0) is 16.8. The molecule has 0 aliphatic carbocycles. The molecule has 2 fully saturated rings. The molecule has 0 saturated carbocycles. The summed E-state index contributed by atoms with van der Waals surface area (Å²) in [6.07, 6.45) is 3.80. The maximum atomic E-state index is 12.1. The van der Waals surface area contributed by atoms with Gasteiger partial charge in [0.05, 0.1) is 13.2 Å². The van der Waals surface area contributed by atoms with E-state index in [0.717, 1.165) is 49.4 Å². The molecule has 2 saturated heterocycles. The van der Waals surface area contributed by atoms with Crippen LogP contribution in [-0.2, 0) is 16.1 Å². The highest BCUT2D eigenvalue weighted by Crippen LogP contribution is 2.24. The van der Waals surface area contributed by atoms with Crippen molar-refractivity contribution in [2.24, 2.45) is 5.92 Å². The summed E-state index contributed by atoms with van der Waals surface area (Å²) in [5, 5.41) is 6.38. The molecule has 2 aliphatic heterocycles. The van der Waals surface area contributed by atoms with E-state index in [1.165, 1.54) is 6.42 Å². The van der Waals surface area contributed by atoms with Gasteiger partial charge in [0.25, 0.3) is 0 Å². The van der Waals surface area contributed by atoms with Crippen LogP contribution in [0.15, 0.2) is 18.2 Å². The topological polar surface area (TPSA) is 59.6 Å². The van der Waals surface area contributed by atoms with E-state index in [0.29, 0.717) is 25.5 Å². The number of carbonyl (C=O) groups is 1. The summed E-state index contributed by atoms with van der Waals surface area (Å²) in [7, 11) is 0. The maximum absolute atomic E-state index is 12.1. The number of benzene rings is 1. The predicted molar refractivity (Wildman–Crippen MR) is 93.1 cm³/mol. The Hall–Kier alpha value is -1.59. The van der Waals surface area contributed by atoms with E-state index in [1.54, 1.807) is 0 Å². The molecule has 3 rings (SSSR count). The molecule has 132 valence electrons. The first-order valence-corrected chi connectivity index (χ1v) is 9.02. The largest absolute Gasteiger partial charge is 0.488 e. The quantitative estimate of drug-likeness (QED) is 0.803. The van der Waals surface area contributed by atoms with Crippen LogP contribution in [0.25, 0.3) is 0 Å². The molecule has 1 aromatic carbocycles. The maximum Gasteiger partial charge on any atom is 0.220 e. The number of amides is 1. The SMILES string of the molecule is Cc1ccc(CNC(=O)CCC2CCNC2)c(OC2CCOC2)c1. The van der Waals surface area contributed by atoms with Gasteiger partial charge in [-0.15, -0.1) is 0 Å². The molecule has 0 aromatic heterocycles. The van der Waals surface area contributed by atoms with Gasteiger partial charge in [0.2, 0.25) is 5.91 Å². The molecule has 2 atom stereocenters. The van der Waals surface area contributed by atoms with Gasteiger partial charge in [-0.3, -0.25) is 4.79 Å². The number of aryl methyl sites for hydroxylation is 1. The standard InChI is InChI=1S/C19H28N2O3/c1-14-2-4-16(18(10-14)24-17-7-9-23-13-17)12-21-19(22)5-3-15-6-8-20-11-15/h2,4,10,15,17,20H,3,5-9,11-13H2,1H3,(H,21,22). The van der Waals surface area contributed by atoms with Gasteiger partial charge in [-0.2, -0.15) is 0 Å². The van der Waals surface area contributed by atoms with Crippen molar-refractivity contribution in [3.63, 3.8) is 0 Å². The molecule has 0 bridgehead atoms. The second kappa shape index (κ2) is 8.49. The van der Waals surface area contributed by atoms with Gasteiger partial charge in [0.1, 0.15) is 11.9 Å². The zero-order valence-electron chi connectivity index (χ0n) is 14.5. The Labute approximate surface area is 144 Å². The van der Waals surface area contributed by atoms with Crippen molar-refractivity contribution in [3.05, 3.63) is 29.3 Å². The number of ether oxygens (including phenoxy) is 2. The fourth-order valence-electron chi connectivity index (χ4n) is 3.28. The van der Waals surface area contributed by atoms with Gasteiger partial charge in [-0.25, -0.2) is 0 Å². The first-order chi connectivity index (χ1) is 11.7. The molecule has 1 amide bonds. The minimum atomic E-state index is 0.121. The Balaban J connectivity index is 1.50. The highest BCUT2D eigenvalue weighted by molar-refractivity contribution is 5.75. The molecule has 0 spiro atoms. The normalized spacial score (nSPS) is 23.4. The Kier molecular flexibility index (Phi) is 6.10. The minimum absolute atomic E-state index is 0.121. The Bertz CT molecular complexity index is 550. The zero-order valence-corrected chi connectivity index (χ0v) is 14.5. The van der Waals surface area contributed by atoms with E-state index in [-0.39, 0.29) is 12.0 Å². The average Bonchev–Trinajstić information content (AvgIpc) is 3.26. The van der Waals surface area contributed by atoms with Crippen molar-refractivity contribution >= 4 is 5.91 Å². The first-order valence-electron chi connectivity index (χ1n) is 9.02. The van der Waals surface area contributed by atoms with Gasteiger partial charge in [-0.1, -0.05) is 12.1 Å². The van der Waals surface area contributed by atoms with Crippen LogP contribution in [-0.4, -0.2) is 38.3 Å². The highest BCUT2D eigenvalue weighted by atomic mass is 16.5. The van der Waals surface area contributed by atoms with Crippen LogP contribution in [0.1, 0.15) is 36.8 Å². The Morgan fingerprint density at radius 2 is 2.33 bits per heavy atom. The van der Waals surface area contributed by atoms with Gasteiger partial charge in [0, 0.05) is 24.9 Å². The minimum Gasteiger partial charge on any atom is -0.488 e. The van der Waals surface area contributed by atoms with Crippen LogP contribution >= 0.6 is 0 Å². The van der Waals surface area contributed by atoms with E-state index in [4.69, 9.17) is 9.47 Å². The molecule has 2 heterocycles. The molecule has 2 unspecified atom stereocenters. The van der Waals surface area contributed by atoms with Crippen molar-refractivity contribution < 1.29 is 14.3 Å². The monoisotopic (exact) mass is 332 g/mol. The van der Waals surface area contributed by atoms with Crippen molar-refractivity contribution in [1.29, 1.82) is 0 Å². The van der Waals surface area contributed by atoms with E-state index in [9.17, 15) is 4.79 Å². The lowest BCUT2D eigenvalue weighted by atomic mass is 10.0. The van der Waals surface area contributed by atoms with E-state index in [1.807, 2.05) is 12.1 Å². The third kappa shape index (κ3) is 4.95. The summed E-state index contributed by atoms with van der Waals surface area (Å²) in [4.78, 5) is 12.1. The summed E-state index contributed by atoms with van der Waals surface area (Å²) < 4.78 is 11.5. The first kappa shape index (κ1) is 17.2. The molecule has 1 aromatic rings. The molecule has 2 aliphatic rings. The number of nitrogens with one attached hydrogen (secondary N) is 2. The van der Waals surface area contributed by atoms with Gasteiger partial charge in [0.15, 0.2) is 0 Å². The lowest BCUT2D eigenvalue weighted by Gasteiger charge is -2.17. The predicted octanol–water partition coefficient (Wildman–Crippen LogP) is 2.17. The van der Waals surface area contributed by atoms with Crippen LogP contribution in [0.3, 0.4) is 0 Å². The fraction of sp³-hybridized carbons (Fsp3) is 0.632. The lowest BCUT2D eigenvalue weighted by molar-refractivity contribution is -0.121. The number of hydrogen-bond acceptors (Lipinski definition) is 4. The van der Waals surface area contributed by atoms with Crippen molar-refractivity contribution in [2.75, 3.05) is 26.3 Å². The van der Waals surface area contributed by atoms with Gasteiger partial charge < -0.3 is 20.1 Å².